The molecule has 4 nitrogen and oxygen atoms in total. The fourth-order valence-electron chi connectivity index (χ4n) is 3.88. The lowest BCUT2D eigenvalue weighted by Crippen LogP contribution is -2.44. The largest absolute Gasteiger partial charge is 0.464 e. The molecular weight excluding hydrogens is 384 g/mol. The van der Waals surface area contributed by atoms with Crippen LogP contribution in [0.4, 0.5) is 0 Å². The first-order valence-electron chi connectivity index (χ1n) is 9.37. The summed E-state index contributed by atoms with van der Waals surface area (Å²) in [6, 6.07) is 24.3. The van der Waals surface area contributed by atoms with Crippen LogP contribution >= 0.6 is 0 Å². The Balaban J connectivity index is 2.11. The Bertz CT molecular complexity index is 1180. The summed E-state index contributed by atoms with van der Waals surface area (Å²) in [5, 5.41) is 0. The quantitative estimate of drug-likeness (QED) is 0.589. The van der Waals surface area contributed by atoms with Crippen LogP contribution in [0.3, 0.4) is 0 Å². The molecule has 0 aromatic heterocycles. The van der Waals surface area contributed by atoms with E-state index in [-0.39, 0.29) is 11.5 Å². The van der Waals surface area contributed by atoms with E-state index in [0.717, 1.165) is 0 Å². The predicted octanol–water partition coefficient (Wildman–Crippen LogP) is 4.47. The lowest BCUT2D eigenvalue weighted by Gasteiger charge is -2.31. The smallest absolute Gasteiger partial charge is 0.337 e. The number of benzene rings is 3. The second-order valence-electron chi connectivity index (χ2n) is 6.73. The van der Waals surface area contributed by atoms with Gasteiger partial charge in [0.15, 0.2) is 0 Å². The third-order valence-corrected chi connectivity index (χ3v) is 7.43. The fraction of sp³-hybridized carbons (Fsp3) is 0.125. The molecule has 0 fully saturated rings. The Morgan fingerprint density at radius 2 is 1.45 bits per heavy atom. The third-order valence-electron chi connectivity index (χ3n) is 5.12. The van der Waals surface area contributed by atoms with E-state index in [4.69, 9.17) is 4.74 Å². The van der Waals surface area contributed by atoms with E-state index < -0.39 is 20.6 Å². The topological polar surface area (TPSA) is 60.4 Å². The van der Waals surface area contributed by atoms with Crippen molar-refractivity contribution in [1.29, 1.82) is 0 Å². The van der Waals surface area contributed by atoms with Gasteiger partial charge in [-0.15, -0.1) is 0 Å². The summed E-state index contributed by atoms with van der Waals surface area (Å²) in [5.41, 5.74) is 2.18. The third kappa shape index (κ3) is 2.81. The van der Waals surface area contributed by atoms with Crippen molar-refractivity contribution < 1.29 is 17.9 Å². The van der Waals surface area contributed by atoms with Crippen molar-refractivity contribution in [1.82, 2.24) is 0 Å². The van der Waals surface area contributed by atoms with E-state index in [0.29, 0.717) is 22.3 Å². The molecule has 0 bridgehead atoms. The van der Waals surface area contributed by atoms with Crippen LogP contribution in [0.25, 0.3) is 11.6 Å². The Morgan fingerprint density at radius 3 is 2.10 bits per heavy atom. The predicted molar refractivity (Wildman–Crippen MR) is 113 cm³/mol. The number of hydrogen-bond acceptors (Lipinski definition) is 4. The van der Waals surface area contributed by atoms with Crippen LogP contribution in [0.2, 0.25) is 0 Å². The van der Waals surface area contributed by atoms with Crippen molar-refractivity contribution in [2.24, 2.45) is 0 Å². The van der Waals surface area contributed by atoms with Crippen molar-refractivity contribution in [2.45, 2.75) is 16.6 Å². The van der Waals surface area contributed by atoms with Crippen LogP contribution in [0.5, 0.6) is 0 Å². The molecule has 0 saturated carbocycles. The van der Waals surface area contributed by atoms with Gasteiger partial charge in [0.05, 0.1) is 11.5 Å². The molecule has 1 aliphatic carbocycles. The molecule has 1 atom stereocenters. The average molecular weight is 404 g/mol. The molecule has 146 valence electrons. The van der Waals surface area contributed by atoms with Crippen molar-refractivity contribution in [3.8, 4) is 0 Å². The number of hydrogen-bond donors (Lipinski definition) is 0. The summed E-state index contributed by atoms with van der Waals surface area (Å²) in [6.07, 6.45) is 1.78. The highest BCUT2D eigenvalue weighted by atomic mass is 32.2. The second kappa shape index (κ2) is 7.33. The SMILES string of the molecule is CCOC(=O)C1(S(=O)(=O)c2ccccc2)C(c2ccccc2)=Cc2ccccc21. The number of carbonyl (C=O) groups is 1. The van der Waals surface area contributed by atoms with Crippen LogP contribution in [0.1, 0.15) is 23.6 Å². The van der Waals surface area contributed by atoms with Gasteiger partial charge in [0.1, 0.15) is 0 Å². The van der Waals surface area contributed by atoms with E-state index in [2.05, 4.69) is 0 Å². The van der Waals surface area contributed by atoms with Crippen LogP contribution in [-0.4, -0.2) is 21.0 Å². The number of carbonyl (C=O) groups excluding carboxylic acids is 1. The molecule has 0 aliphatic heterocycles. The van der Waals surface area contributed by atoms with Gasteiger partial charge in [-0.05, 0) is 47.4 Å². The Kier molecular flexibility index (Phi) is 4.84. The molecule has 3 aromatic carbocycles. The first kappa shape index (κ1) is 19.2. The highest BCUT2D eigenvalue weighted by Crippen LogP contribution is 2.53. The minimum Gasteiger partial charge on any atom is -0.464 e. The van der Waals surface area contributed by atoms with Crippen molar-refractivity contribution in [3.63, 3.8) is 0 Å². The maximum Gasteiger partial charge on any atom is 0.337 e. The molecule has 0 N–H and O–H groups in total. The highest BCUT2D eigenvalue weighted by Gasteiger charge is 2.60. The zero-order valence-electron chi connectivity index (χ0n) is 15.9. The highest BCUT2D eigenvalue weighted by molar-refractivity contribution is 7.93. The van der Waals surface area contributed by atoms with Crippen LogP contribution in [0, 0.1) is 0 Å². The number of sulfone groups is 1. The van der Waals surface area contributed by atoms with Gasteiger partial charge in [-0.2, -0.15) is 0 Å². The lowest BCUT2D eigenvalue weighted by molar-refractivity contribution is -0.144. The minimum atomic E-state index is -4.18. The summed E-state index contributed by atoms with van der Waals surface area (Å²) < 4.78 is 31.6. The molecule has 4 rings (SSSR count). The summed E-state index contributed by atoms with van der Waals surface area (Å²) in [7, 11) is -4.18. The van der Waals surface area contributed by atoms with Crippen LogP contribution in [0.15, 0.2) is 89.8 Å². The number of esters is 1. The summed E-state index contributed by atoms with van der Waals surface area (Å²) in [4.78, 5) is 13.6. The van der Waals surface area contributed by atoms with Crippen molar-refractivity contribution in [3.05, 3.63) is 102 Å². The first-order valence-corrected chi connectivity index (χ1v) is 10.9. The minimum absolute atomic E-state index is 0.0755. The van der Waals surface area contributed by atoms with Gasteiger partial charge in [0.2, 0.25) is 14.6 Å². The van der Waals surface area contributed by atoms with Crippen molar-refractivity contribution >= 4 is 27.5 Å². The number of ether oxygens (including phenoxy) is 1. The molecule has 3 aromatic rings. The average Bonchev–Trinajstić information content (AvgIpc) is 3.12. The fourth-order valence-corrected chi connectivity index (χ4v) is 5.97. The maximum absolute atomic E-state index is 14.1. The maximum atomic E-state index is 14.1. The van der Waals surface area contributed by atoms with E-state index in [9.17, 15) is 13.2 Å². The second-order valence-corrected chi connectivity index (χ2v) is 8.82. The van der Waals surface area contributed by atoms with E-state index in [1.54, 1.807) is 43.3 Å². The van der Waals surface area contributed by atoms with E-state index in [1.165, 1.54) is 12.1 Å². The Labute approximate surface area is 170 Å². The molecular formula is C24H20O4S. The summed E-state index contributed by atoms with van der Waals surface area (Å²) >= 11 is 0. The molecule has 0 amide bonds. The molecule has 5 heteroatoms. The monoisotopic (exact) mass is 404 g/mol. The molecule has 1 aliphatic rings. The summed E-state index contributed by atoms with van der Waals surface area (Å²) in [6.45, 7) is 1.75. The van der Waals surface area contributed by atoms with Gasteiger partial charge < -0.3 is 4.74 Å². The van der Waals surface area contributed by atoms with Gasteiger partial charge in [-0.1, -0.05) is 72.8 Å². The first-order chi connectivity index (χ1) is 14.0. The zero-order chi connectivity index (χ0) is 20.5. The molecule has 0 heterocycles. The van der Waals surface area contributed by atoms with Gasteiger partial charge in [-0.25, -0.2) is 13.2 Å². The summed E-state index contributed by atoms with van der Waals surface area (Å²) in [5.74, 6) is -0.788. The van der Waals surface area contributed by atoms with Crippen LogP contribution in [-0.2, 0) is 24.1 Å². The zero-order valence-corrected chi connectivity index (χ0v) is 16.7. The van der Waals surface area contributed by atoms with E-state index in [1.807, 2.05) is 42.5 Å². The van der Waals surface area contributed by atoms with Gasteiger partial charge in [-0.3, -0.25) is 0 Å². The normalized spacial score (nSPS) is 18.0. The van der Waals surface area contributed by atoms with Gasteiger partial charge in [0, 0.05) is 0 Å². The molecule has 1 unspecified atom stereocenters. The molecule has 29 heavy (non-hydrogen) atoms. The van der Waals surface area contributed by atoms with Gasteiger partial charge >= 0.3 is 5.97 Å². The van der Waals surface area contributed by atoms with Crippen molar-refractivity contribution in [2.75, 3.05) is 6.61 Å². The molecule has 0 saturated heterocycles. The molecule has 0 radical (unpaired) electrons. The number of rotatable bonds is 5. The van der Waals surface area contributed by atoms with E-state index >= 15 is 0 Å². The van der Waals surface area contributed by atoms with Gasteiger partial charge in [0.25, 0.3) is 0 Å². The molecule has 0 spiro atoms. The standard InChI is InChI=1S/C24H20O4S/c1-2-28-23(25)24(29(26,27)20-14-7-4-8-15-20)21-16-10-9-13-19(21)17-22(24)18-11-5-3-6-12-18/h3-17H,2H2,1H3. The number of fused-ring (bicyclic) bond motifs is 1. The Hall–Kier alpha value is -3.18. The van der Waals surface area contributed by atoms with Crippen LogP contribution < -0.4 is 0 Å². The Morgan fingerprint density at radius 1 is 0.862 bits per heavy atom. The lowest BCUT2D eigenvalue weighted by atomic mass is 9.90.